The van der Waals surface area contributed by atoms with Crippen molar-refractivity contribution < 1.29 is 8.42 Å². The van der Waals surface area contributed by atoms with Crippen LogP contribution < -0.4 is 4.72 Å². The molecule has 0 spiro atoms. The average molecular weight is 306 g/mol. The number of sulfonamides is 1. The van der Waals surface area contributed by atoms with E-state index in [2.05, 4.69) is 14.8 Å². The summed E-state index contributed by atoms with van der Waals surface area (Å²) in [6, 6.07) is 8.30. The number of pyridine rings is 1. The van der Waals surface area contributed by atoms with Crippen molar-refractivity contribution in [3.63, 3.8) is 0 Å². The van der Waals surface area contributed by atoms with Gasteiger partial charge in [0.25, 0.3) is 10.0 Å². The van der Waals surface area contributed by atoms with Gasteiger partial charge in [-0.2, -0.15) is 5.10 Å². The Hall–Kier alpha value is -2.19. The van der Waals surface area contributed by atoms with Crippen LogP contribution in [0.4, 0.5) is 5.69 Å². The molecule has 3 rings (SSSR count). The van der Waals surface area contributed by atoms with E-state index >= 15 is 0 Å². The monoisotopic (exact) mass is 306 g/mol. The molecule has 102 valence electrons. The van der Waals surface area contributed by atoms with Gasteiger partial charge < -0.3 is 0 Å². The fourth-order valence-corrected chi connectivity index (χ4v) is 3.72. The minimum absolute atomic E-state index is 0.257. The number of anilines is 1. The van der Waals surface area contributed by atoms with Crippen molar-refractivity contribution in [1.29, 1.82) is 0 Å². The quantitative estimate of drug-likeness (QED) is 0.801. The third-order valence-electron chi connectivity index (χ3n) is 2.51. The Balaban J connectivity index is 2.00. The van der Waals surface area contributed by atoms with Gasteiger partial charge in [-0.3, -0.25) is 4.72 Å². The van der Waals surface area contributed by atoms with Gasteiger partial charge in [0.05, 0.1) is 5.69 Å². The van der Waals surface area contributed by atoms with Crippen LogP contribution in [0.1, 0.15) is 0 Å². The van der Waals surface area contributed by atoms with Gasteiger partial charge >= 0.3 is 0 Å². The zero-order valence-corrected chi connectivity index (χ0v) is 11.8. The molecule has 0 saturated carbocycles. The number of hydrogen-bond donors (Lipinski definition) is 1. The molecule has 0 aliphatic rings. The summed E-state index contributed by atoms with van der Waals surface area (Å²) < 4.78 is 28.8. The number of aromatic nitrogens is 3. The second kappa shape index (κ2) is 5.06. The van der Waals surface area contributed by atoms with E-state index in [4.69, 9.17) is 0 Å². The molecule has 6 nitrogen and oxygen atoms in total. The standard InChI is InChI=1S/C12H10N4O2S2/c17-20(18,11-5-2-9-19-11)15-10-4-1-6-13-12(10)16-8-3-7-14-16/h1-9,15H. The van der Waals surface area contributed by atoms with Gasteiger partial charge in [0.2, 0.25) is 0 Å². The highest BCUT2D eigenvalue weighted by molar-refractivity contribution is 7.94. The lowest BCUT2D eigenvalue weighted by atomic mass is 10.4. The molecule has 0 bridgehead atoms. The first-order valence-electron chi connectivity index (χ1n) is 5.68. The lowest BCUT2D eigenvalue weighted by molar-refractivity contribution is 0.603. The maximum absolute atomic E-state index is 12.2. The highest BCUT2D eigenvalue weighted by Gasteiger charge is 2.18. The van der Waals surface area contributed by atoms with E-state index in [1.54, 1.807) is 54.3 Å². The van der Waals surface area contributed by atoms with E-state index in [-0.39, 0.29) is 4.21 Å². The van der Waals surface area contributed by atoms with Gasteiger partial charge in [-0.05, 0) is 29.6 Å². The minimum atomic E-state index is -3.60. The molecule has 0 saturated heterocycles. The highest BCUT2D eigenvalue weighted by Crippen LogP contribution is 2.23. The average Bonchev–Trinajstić information content (AvgIpc) is 3.13. The summed E-state index contributed by atoms with van der Waals surface area (Å²) in [7, 11) is -3.60. The lowest BCUT2D eigenvalue weighted by Gasteiger charge is -2.10. The topological polar surface area (TPSA) is 76.9 Å². The van der Waals surface area contributed by atoms with Gasteiger partial charge in [-0.15, -0.1) is 11.3 Å². The predicted molar refractivity (Wildman–Crippen MR) is 76.5 cm³/mol. The maximum Gasteiger partial charge on any atom is 0.271 e. The fraction of sp³-hybridized carbons (Fsp3) is 0. The second-order valence-electron chi connectivity index (χ2n) is 3.86. The number of rotatable bonds is 4. The molecule has 20 heavy (non-hydrogen) atoms. The molecule has 0 unspecified atom stereocenters. The fourth-order valence-electron chi connectivity index (χ4n) is 1.66. The molecule has 0 aliphatic carbocycles. The normalized spacial score (nSPS) is 11.4. The second-order valence-corrected chi connectivity index (χ2v) is 6.72. The largest absolute Gasteiger partial charge is 0.275 e. The molecule has 3 heterocycles. The number of thiophene rings is 1. The van der Waals surface area contributed by atoms with Gasteiger partial charge in [0, 0.05) is 18.6 Å². The van der Waals surface area contributed by atoms with E-state index in [0.29, 0.717) is 11.5 Å². The molecule has 1 N–H and O–H groups in total. The Morgan fingerprint density at radius 1 is 1.15 bits per heavy atom. The summed E-state index contributed by atoms with van der Waals surface area (Å²) in [6.07, 6.45) is 4.89. The molecule has 0 fully saturated rings. The van der Waals surface area contributed by atoms with E-state index in [9.17, 15) is 8.42 Å². The third kappa shape index (κ3) is 2.43. The summed E-state index contributed by atoms with van der Waals surface area (Å²) in [5.74, 6) is 0.428. The van der Waals surface area contributed by atoms with Gasteiger partial charge in [-0.25, -0.2) is 18.1 Å². The first-order chi connectivity index (χ1) is 9.67. The molecular weight excluding hydrogens is 296 g/mol. The number of nitrogens with zero attached hydrogens (tertiary/aromatic N) is 3. The Bertz CT molecular complexity index is 796. The lowest BCUT2D eigenvalue weighted by Crippen LogP contribution is -2.14. The van der Waals surface area contributed by atoms with Crippen LogP contribution in [-0.4, -0.2) is 23.2 Å². The van der Waals surface area contributed by atoms with Crippen molar-refractivity contribution in [1.82, 2.24) is 14.8 Å². The highest BCUT2D eigenvalue weighted by atomic mass is 32.2. The van der Waals surface area contributed by atoms with Crippen LogP contribution >= 0.6 is 11.3 Å². The molecular formula is C12H10N4O2S2. The van der Waals surface area contributed by atoms with Crippen LogP contribution in [0.2, 0.25) is 0 Å². The van der Waals surface area contributed by atoms with Crippen molar-refractivity contribution in [2.24, 2.45) is 0 Å². The van der Waals surface area contributed by atoms with Crippen LogP contribution in [0, 0.1) is 0 Å². The molecule has 0 aliphatic heterocycles. The number of hydrogen-bond acceptors (Lipinski definition) is 5. The zero-order chi connectivity index (χ0) is 14.0. The maximum atomic E-state index is 12.2. The first-order valence-corrected chi connectivity index (χ1v) is 8.04. The Labute approximate surface area is 119 Å². The molecule has 3 aromatic heterocycles. The van der Waals surface area contributed by atoms with Crippen molar-refractivity contribution in [3.05, 3.63) is 54.3 Å². The molecule has 0 aromatic carbocycles. The zero-order valence-electron chi connectivity index (χ0n) is 10.2. The van der Waals surface area contributed by atoms with Crippen LogP contribution in [0.15, 0.2) is 58.5 Å². The smallest absolute Gasteiger partial charge is 0.271 e. The van der Waals surface area contributed by atoms with Crippen LogP contribution in [0.5, 0.6) is 0 Å². The molecule has 3 aromatic rings. The van der Waals surface area contributed by atoms with E-state index in [1.165, 1.54) is 4.68 Å². The summed E-state index contributed by atoms with van der Waals surface area (Å²) >= 11 is 1.16. The van der Waals surface area contributed by atoms with E-state index in [1.807, 2.05) is 0 Å². The van der Waals surface area contributed by atoms with Crippen LogP contribution in [-0.2, 0) is 10.0 Å². The summed E-state index contributed by atoms with van der Waals surface area (Å²) in [4.78, 5) is 4.16. The Kier molecular flexibility index (Phi) is 3.25. The summed E-state index contributed by atoms with van der Waals surface area (Å²) in [5, 5.41) is 5.78. The summed E-state index contributed by atoms with van der Waals surface area (Å²) in [5.41, 5.74) is 0.379. The third-order valence-corrected chi connectivity index (χ3v) is 5.28. The van der Waals surface area contributed by atoms with Gasteiger partial charge in [-0.1, -0.05) is 6.07 Å². The summed E-state index contributed by atoms with van der Waals surface area (Å²) in [6.45, 7) is 0. The van der Waals surface area contributed by atoms with Crippen molar-refractivity contribution in [2.75, 3.05) is 4.72 Å². The molecule has 8 heteroatoms. The van der Waals surface area contributed by atoms with Crippen LogP contribution in [0.25, 0.3) is 5.82 Å². The van der Waals surface area contributed by atoms with Gasteiger partial charge in [0.15, 0.2) is 5.82 Å². The van der Waals surface area contributed by atoms with Crippen molar-refractivity contribution in [2.45, 2.75) is 4.21 Å². The van der Waals surface area contributed by atoms with Crippen LogP contribution in [0.3, 0.4) is 0 Å². The number of nitrogens with one attached hydrogen (secondary N) is 1. The Morgan fingerprint density at radius 2 is 2.05 bits per heavy atom. The Morgan fingerprint density at radius 3 is 2.75 bits per heavy atom. The SMILES string of the molecule is O=S(=O)(Nc1cccnc1-n1cccn1)c1cccs1. The molecule has 0 atom stereocenters. The van der Waals surface area contributed by atoms with E-state index in [0.717, 1.165) is 11.3 Å². The van der Waals surface area contributed by atoms with Gasteiger partial charge in [0.1, 0.15) is 4.21 Å². The van der Waals surface area contributed by atoms with E-state index < -0.39 is 10.0 Å². The predicted octanol–water partition coefficient (Wildman–Crippen LogP) is 2.13. The van der Waals surface area contributed by atoms with Crippen molar-refractivity contribution in [3.8, 4) is 5.82 Å². The first kappa shape index (κ1) is 12.8. The molecule has 0 radical (unpaired) electrons. The minimum Gasteiger partial charge on any atom is -0.275 e. The van der Waals surface area contributed by atoms with Crippen molar-refractivity contribution >= 4 is 27.0 Å². The molecule has 0 amide bonds.